The van der Waals surface area contributed by atoms with Crippen molar-refractivity contribution in [2.24, 2.45) is 11.1 Å². The summed E-state index contributed by atoms with van der Waals surface area (Å²) in [5.41, 5.74) is 2.66. The molecule has 2 atom stereocenters. The van der Waals surface area contributed by atoms with Crippen molar-refractivity contribution < 1.29 is 13.6 Å². The highest BCUT2D eigenvalue weighted by atomic mass is 32.1. The average Bonchev–Trinajstić information content (AvgIpc) is 3.37. The van der Waals surface area contributed by atoms with Crippen molar-refractivity contribution in [3.63, 3.8) is 0 Å². The molecule has 8 heteroatoms. The summed E-state index contributed by atoms with van der Waals surface area (Å²) in [6.45, 7) is 2.88. The smallest absolute Gasteiger partial charge is 0.189 e. The van der Waals surface area contributed by atoms with Crippen LogP contribution >= 0.6 is 11.3 Å². The van der Waals surface area contributed by atoms with Crippen molar-refractivity contribution in [2.75, 3.05) is 24.5 Å². The third-order valence-electron chi connectivity index (χ3n) is 5.01. The zero-order valence-electron chi connectivity index (χ0n) is 13.8. The summed E-state index contributed by atoms with van der Waals surface area (Å²) in [7, 11) is 0. The summed E-state index contributed by atoms with van der Waals surface area (Å²) in [5, 5.41) is 10.2. The molecular formula is C18H16F2N4OS. The second-order valence-electron chi connectivity index (χ2n) is 6.67. The first-order valence-electron chi connectivity index (χ1n) is 8.49. The summed E-state index contributed by atoms with van der Waals surface area (Å²) in [6, 6.07) is 3.80. The Morgan fingerprint density at radius 1 is 1.27 bits per heavy atom. The van der Waals surface area contributed by atoms with Gasteiger partial charge in [0.2, 0.25) is 0 Å². The van der Waals surface area contributed by atoms with Gasteiger partial charge in [0.15, 0.2) is 11.2 Å². The van der Waals surface area contributed by atoms with Gasteiger partial charge in [0.25, 0.3) is 0 Å². The van der Waals surface area contributed by atoms with Gasteiger partial charge in [-0.2, -0.15) is 0 Å². The number of hydrogen-bond donors (Lipinski definition) is 1. The Hall–Kier alpha value is -2.32. The monoisotopic (exact) mass is 374 g/mol. The lowest BCUT2D eigenvalue weighted by molar-refractivity contribution is 0.0800. The minimum Gasteiger partial charge on any atom is -0.387 e. The van der Waals surface area contributed by atoms with Crippen LogP contribution in [0.1, 0.15) is 23.8 Å². The lowest BCUT2D eigenvalue weighted by atomic mass is 10.0. The van der Waals surface area contributed by atoms with E-state index in [-0.39, 0.29) is 5.56 Å². The fraction of sp³-hybridized carbons (Fsp3) is 0.333. The molecule has 1 saturated heterocycles. The van der Waals surface area contributed by atoms with E-state index >= 15 is 0 Å². The molecule has 0 amide bonds. The van der Waals surface area contributed by atoms with Gasteiger partial charge in [-0.05, 0) is 17.7 Å². The van der Waals surface area contributed by atoms with E-state index in [1.54, 1.807) is 11.3 Å². The SMILES string of the molecule is Fc1cccc(F)c1C1CC(c2csc(N3C=C4CNCC4C3)n2)=NO1. The molecule has 1 fully saturated rings. The van der Waals surface area contributed by atoms with Gasteiger partial charge in [0.05, 0.1) is 5.56 Å². The highest BCUT2D eigenvalue weighted by molar-refractivity contribution is 7.14. The van der Waals surface area contributed by atoms with E-state index in [0.29, 0.717) is 23.7 Å². The first-order valence-corrected chi connectivity index (χ1v) is 9.37. The number of anilines is 1. The van der Waals surface area contributed by atoms with E-state index in [9.17, 15) is 8.78 Å². The predicted octanol–water partition coefficient (Wildman–Crippen LogP) is 3.21. The minimum atomic E-state index is -0.754. The van der Waals surface area contributed by atoms with Gasteiger partial charge < -0.3 is 15.1 Å². The van der Waals surface area contributed by atoms with Crippen molar-refractivity contribution in [1.29, 1.82) is 0 Å². The third kappa shape index (κ3) is 2.60. The molecular weight excluding hydrogens is 358 g/mol. The fourth-order valence-corrected chi connectivity index (χ4v) is 4.47. The van der Waals surface area contributed by atoms with Gasteiger partial charge in [-0.15, -0.1) is 11.3 Å². The molecule has 0 spiro atoms. The summed E-state index contributed by atoms with van der Waals surface area (Å²) in [5.74, 6) is -0.675. The molecule has 0 aliphatic carbocycles. The number of fused-ring (bicyclic) bond motifs is 1. The van der Waals surface area contributed by atoms with E-state index in [4.69, 9.17) is 4.84 Å². The molecule has 1 aromatic carbocycles. The first kappa shape index (κ1) is 15.9. The summed E-state index contributed by atoms with van der Waals surface area (Å²) in [6.07, 6.45) is 1.71. The van der Waals surface area contributed by atoms with E-state index in [1.807, 2.05) is 5.38 Å². The minimum absolute atomic E-state index is 0.0775. The Balaban J connectivity index is 1.33. The Morgan fingerprint density at radius 2 is 2.12 bits per heavy atom. The van der Waals surface area contributed by atoms with Crippen molar-refractivity contribution in [3.8, 4) is 0 Å². The first-order chi connectivity index (χ1) is 12.7. The number of benzene rings is 1. The number of halogens is 2. The predicted molar refractivity (Wildman–Crippen MR) is 95.2 cm³/mol. The number of nitrogens with zero attached hydrogens (tertiary/aromatic N) is 3. The number of rotatable bonds is 3. The number of thiazole rings is 1. The summed E-state index contributed by atoms with van der Waals surface area (Å²) >= 11 is 1.54. The Bertz CT molecular complexity index is 905. The standard InChI is InChI=1S/C18H16F2N4OS/c19-12-2-1-3-13(20)17(12)16-4-14(23-25-16)15-9-26-18(22-15)24-7-10-5-21-6-11(10)8-24/h1-3,7,9,11,16,21H,4-6,8H2. The molecule has 3 aliphatic heterocycles. The average molecular weight is 374 g/mol. The molecule has 0 bridgehead atoms. The largest absolute Gasteiger partial charge is 0.387 e. The lowest BCUT2D eigenvalue weighted by Crippen LogP contribution is -2.21. The number of nitrogens with one attached hydrogen (secondary N) is 1. The molecule has 5 rings (SSSR count). The van der Waals surface area contributed by atoms with Crippen LogP contribution in [0.3, 0.4) is 0 Å². The summed E-state index contributed by atoms with van der Waals surface area (Å²) < 4.78 is 27.9. The van der Waals surface area contributed by atoms with Gasteiger partial charge in [0, 0.05) is 43.6 Å². The topological polar surface area (TPSA) is 49.8 Å². The van der Waals surface area contributed by atoms with Crippen LogP contribution in [0.4, 0.5) is 13.9 Å². The molecule has 134 valence electrons. The molecule has 5 nitrogen and oxygen atoms in total. The zero-order chi connectivity index (χ0) is 17.7. The molecule has 4 heterocycles. The fourth-order valence-electron chi connectivity index (χ4n) is 3.65. The van der Waals surface area contributed by atoms with Crippen LogP contribution in [0.2, 0.25) is 0 Å². The van der Waals surface area contributed by atoms with Gasteiger partial charge in [-0.3, -0.25) is 0 Å². The van der Waals surface area contributed by atoms with Gasteiger partial charge in [-0.25, -0.2) is 13.8 Å². The maximum absolute atomic E-state index is 14.0. The Labute approximate surface area is 153 Å². The third-order valence-corrected chi connectivity index (χ3v) is 5.88. The van der Waals surface area contributed by atoms with Crippen LogP contribution in [0.15, 0.2) is 40.5 Å². The normalized spacial score (nSPS) is 24.5. The van der Waals surface area contributed by atoms with Crippen LogP contribution in [-0.4, -0.2) is 30.3 Å². The maximum Gasteiger partial charge on any atom is 0.189 e. The molecule has 0 saturated carbocycles. The Morgan fingerprint density at radius 3 is 2.92 bits per heavy atom. The van der Waals surface area contributed by atoms with E-state index in [0.717, 1.165) is 24.8 Å². The molecule has 1 N–H and O–H groups in total. The van der Waals surface area contributed by atoms with E-state index < -0.39 is 17.7 Å². The van der Waals surface area contributed by atoms with Gasteiger partial charge in [-0.1, -0.05) is 11.2 Å². The number of hydrogen-bond acceptors (Lipinski definition) is 6. The van der Waals surface area contributed by atoms with Crippen molar-refractivity contribution in [3.05, 3.63) is 58.2 Å². The van der Waals surface area contributed by atoms with Crippen LogP contribution in [0.25, 0.3) is 0 Å². The molecule has 0 radical (unpaired) electrons. The van der Waals surface area contributed by atoms with E-state index in [1.165, 1.54) is 23.8 Å². The van der Waals surface area contributed by atoms with Crippen molar-refractivity contribution in [1.82, 2.24) is 10.3 Å². The molecule has 2 aromatic rings. The van der Waals surface area contributed by atoms with Gasteiger partial charge in [0.1, 0.15) is 23.0 Å². The van der Waals surface area contributed by atoms with Crippen LogP contribution in [-0.2, 0) is 4.84 Å². The van der Waals surface area contributed by atoms with Crippen LogP contribution < -0.4 is 10.2 Å². The highest BCUT2D eigenvalue weighted by Gasteiger charge is 2.32. The number of aromatic nitrogens is 1. The van der Waals surface area contributed by atoms with E-state index in [2.05, 4.69) is 26.6 Å². The zero-order valence-corrected chi connectivity index (χ0v) is 14.6. The van der Waals surface area contributed by atoms with Crippen molar-refractivity contribution >= 4 is 22.2 Å². The maximum atomic E-state index is 14.0. The van der Waals surface area contributed by atoms with Crippen molar-refractivity contribution in [2.45, 2.75) is 12.5 Å². The van der Waals surface area contributed by atoms with Gasteiger partial charge >= 0.3 is 0 Å². The molecule has 26 heavy (non-hydrogen) atoms. The number of oxime groups is 1. The lowest BCUT2D eigenvalue weighted by Gasteiger charge is -2.13. The Kier molecular flexibility index (Phi) is 3.75. The second kappa shape index (κ2) is 6.14. The van der Waals surface area contributed by atoms with Crippen LogP contribution in [0.5, 0.6) is 0 Å². The highest BCUT2D eigenvalue weighted by Crippen LogP contribution is 2.35. The summed E-state index contributed by atoms with van der Waals surface area (Å²) in [4.78, 5) is 12.1. The second-order valence-corrected chi connectivity index (χ2v) is 7.51. The molecule has 3 aliphatic rings. The molecule has 2 unspecified atom stereocenters. The molecule has 1 aromatic heterocycles. The quantitative estimate of drug-likeness (QED) is 0.896. The van der Waals surface area contributed by atoms with Crippen LogP contribution in [0, 0.1) is 17.6 Å².